The Balaban J connectivity index is -0.000000167. The number of hydrogen-bond acceptors (Lipinski definition) is 11. The van der Waals surface area contributed by atoms with Crippen LogP contribution in [0.3, 0.4) is 0 Å². The normalized spacial score (nSPS) is 10.7. The number of ether oxygens (including phenoxy) is 1. The molecule has 0 aromatic carbocycles. The van der Waals surface area contributed by atoms with E-state index < -0.39 is 42.5 Å². The molecular weight excluding hydrogens is 546 g/mol. The maximum Gasteiger partial charge on any atom is 1.00 e. The van der Waals surface area contributed by atoms with Crippen molar-refractivity contribution in [1.29, 1.82) is 0 Å². The molecule has 0 amide bonds. The molecular formula is C21H35K3O11. The summed E-state index contributed by atoms with van der Waals surface area (Å²) in [7, 11) is 0. The molecule has 3 N–H and O–H groups in total. The van der Waals surface area contributed by atoms with E-state index in [1.165, 1.54) is 44.9 Å². The van der Waals surface area contributed by atoms with Crippen LogP contribution in [0.5, 0.6) is 0 Å². The second kappa shape index (κ2) is 31.2. The number of carboxylic acid groups (broad SMARTS) is 3. The standard InChI is InChI=1S/C15H30O4.C6H8O7.3K/c1-2-3-4-5-6-7-8-9-10-11-15(18)19-13-14(17)12-16;7-3(8)1-6(13,5(11)12)2-4(9)10;;;/h14,16-17H,2-13H2,1H3;13H,1-2H2,(H,7,8)(H,9,10)(H,11,12);;;/q;;3*+1/p-3. The average Bonchev–Trinajstić information content (AvgIpc) is 2.69. The molecule has 188 valence electrons. The van der Waals surface area contributed by atoms with Gasteiger partial charge in [-0.25, -0.2) is 0 Å². The van der Waals surface area contributed by atoms with Gasteiger partial charge in [-0.15, -0.1) is 0 Å². The number of carbonyl (C=O) groups is 4. The van der Waals surface area contributed by atoms with Crippen LogP contribution in [0.25, 0.3) is 0 Å². The van der Waals surface area contributed by atoms with Crippen molar-refractivity contribution in [3.05, 3.63) is 0 Å². The largest absolute Gasteiger partial charge is 1.00 e. The van der Waals surface area contributed by atoms with Crippen molar-refractivity contribution in [2.24, 2.45) is 0 Å². The number of aliphatic hydroxyl groups excluding tert-OH is 2. The maximum atomic E-state index is 11.3. The molecule has 35 heavy (non-hydrogen) atoms. The minimum absolute atomic E-state index is 0. The zero-order valence-corrected chi connectivity index (χ0v) is 31.0. The molecule has 0 aliphatic heterocycles. The van der Waals surface area contributed by atoms with Crippen molar-refractivity contribution in [3.8, 4) is 0 Å². The molecule has 0 radical (unpaired) electrons. The van der Waals surface area contributed by atoms with Crippen LogP contribution in [0.2, 0.25) is 0 Å². The molecule has 0 saturated carbocycles. The fourth-order valence-electron chi connectivity index (χ4n) is 2.58. The Bertz CT molecular complexity index is 547. The van der Waals surface area contributed by atoms with E-state index in [0.29, 0.717) is 6.42 Å². The minimum Gasteiger partial charge on any atom is -0.550 e. The van der Waals surface area contributed by atoms with E-state index in [0.717, 1.165) is 12.8 Å². The summed E-state index contributed by atoms with van der Waals surface area (Å²) in [6.07, 6.45) is 7.68. The summed E-state index contributed by atoms with van der Waals surface area (Å²) >= 11 is 0. The number of carboxylic acids is 3. The zero-order valence-electron chi connectivity index (χ0n) is 21.6. The summed E-state index contributed by atoms with van der Waals surface area (Å²) in [4.78, 5) is 41.3. The van der Waals surface area contributed by atoms with Crippen LogP contribution >= 0.6 is 0 Å². The monoisotopic (exact) mass is 580 g/mol. The molecule has 14 heteroatoms. The van der Waals surface area contributed by atoms with Crippen molar-refractivity contribution >= 4 is 23.9 Å². The molecule has 0 spiro atoms. The van der Waals surface area contributed by atoms with Crippen molar-refractivity contribution in [1.82, 2.24) is 0 Å². The maximum absolute atomic E-state index is 11.3. The van der Waals surface area contributed by atoms with Gasteiger partial charge in [0, 0.05) is 31.2 Å². The molecule has 0 bridgehead atoms. The molecule has 0 saturated heterocycles. The second-order valence-corrected chi connectivity index (χ2v) is 7.51. The first kappa shape index (κ1) is 47.5. The fraction of sp³-hybridized carbons (Fsp3) is 0.810. The molecule has 11 nitrogen and oxygen atoms in total. The molecule has 0 aromatic heterocycles. The third-order valence-corrected chi connectivity index (χ3v) is 4.39. The van der Waals surface area contributed by atoms with Gasteiger partial charge in [0.05, 0.1) is 12.6 Å². The van der Waals surface area contributed by atoms with Gasteiger partial charge in [0.25, 0.3) is 0 Å². The number of hydrogen-bond donors (Lipinski definition) is 3. The Labute approximate surface area is 334 Å². The zero-order chi connectivity index (χ0) is 25.0. The van der Waals surface area contributed by atoms with Gasteiger partial charge in [-0.3, -0.25) is 4.79 Å². The van der Waals surface area contributed by atoms with Gasteiger partial charge >= 0.3 is 160 Å². The Morgan fingerprint density at radius 2 is 1.20 bits per heavy atom. The van der Waals surface area contributed by atoms with Crippen molar-refractivity contribution < 1.29 is 209 Å². The molecule has 1 unspecified atom stereocenters. The van der Waals surface area contributed by atoms with E-state index in [-0.39, 0.29) is 173 Å². The fourth-order valence-corrected chi connectivity index (χ4v) is 2.58. The molecule has 0 aliphatic carbocycles. The second-order valence-electron chi connectivity index (χ2n) is 7.51. The van der Waals surface area contributed by atoms with Gasteiger partial charge in [-0.1, -0.05) is 58.3 Å². The third-order valence-electron chi connectivity index (χ3n) is 4.39. The average molecular weight is 581 g/mol. The quantitative estimate of drug-likeness (QED) is 0.0788. The third kappa shape index (κ3) is 32.8. The van der Waals surface area contributed by atoms with Gasteiger partial charge < -0.3 is 49.8 Å². The van der Waals surface area contributed by atoms with Crippen LogP contribution in [0.1, 0.15) is 84.0 Å². The predicted octanol–water partition coefficient (Wildman–Crippen LogP) is -11.4. The van der Waals surface area contributed by atoms with E-state index in [4.69, 9.17) is 20.1 Å². The van der Waals surface area contributed by atoms with E-state index in [1.807, 2.05) is 0 Å². The molecule has 0 aromatic rings. The molecule has 0 heterocycles. The van der Waals surface area contributed by atoms with Crippen LogP contribution in [0, 0.1) is 0 Å². The topological polar surface area (TPSA) is 207 Å². The molecule has 0 fully saturated rings. The summed E-state index contributed by atoms with van der Waals surface area (Å²) in [6.45, 7) is 1.75. The number of aliphatic hydroxyl groups is 3. The van der Waals surface area contributed by atoms with Gasteiger partial charge in [-0.05, 0) is 6.42 Å². The molecule has 1 atom stereocenters. The Hall–Kier alpha value is 2.67. The summed E-state index contributed by atoms with van der Waals surface area (Å²) in [5.74, 6) is -6.27. The number of esters is 1. The van der Waals surface area contributed by atoms with Crippen LogP contribution < -0.4 is 169 Å². The first-order valence-corrected chi connectivity index (χ1v) is 10.8. The molecule has 0 rings (SSSR count). The van der Waals surface area contributed by atoms with Crippen molar-refractivity contribution in [3.63, 3.8) is 0 Å². The van der Waals surface area contributed by atoms with Gasteiger partial charge in [0.15, 0.2) is 0 Å². The van der Waals surface area contributed by atoms with E-state index >= 15 is 0 Å². The summed E-state index contributed by atoms with van der Waals surface area (Å²) in [5, 5.41) is 56.5. The minimum atomic E-state index is -2.97. The van der Waals surface area contributed by atoms with E-state index in [1.54, 1.807) is 0 Å². The molecule has 0 aliphatic rings. The van der Waals surface area contributed by atoms with Crippen LogP contribution in [0.15, 0.2) is 0 Å². The SMILES string of the molecule is CCCCCCCCCCCC(=O)OCC(O)CO.O=C([O-])CC(O)(CC(=O)[O-])C(=O)[O-].[K+].[K+].[K+]. The summed E-state index contributed by atoms with van der Waals surface area (Å²) < 4.78 is 4.82. The van der Waals surface area contributed by atoms with Crippen LogP contribution in [0.4, 0.5) is 0 Å². The Kier molecular flexibility index (Phi) is 42.3. The van der Waals surface area contributed by atoms with Gasteiger partial charge in [0.2, 0.25) is 0 Å². The van der Waals surface area contributed by atoms with Gasteiger partial charge in [0.1, 0.15) is 18.3 Å². The van der Waals surface area contributed by atoms with Crippen molar-refractivity contribution in [2.45, 2.75) is 95.7 Å². The number of carbonyl (C=O) groups excluding carboxylic acids is 4. The smallest absolute Gasteiger partial charge is 0.550 e. The van der Waals surface area contributed by atoms with E-state index in [2.05, 4.69) is 6.92 Å². The van der Waals surface area contributed by atoms with Gasteiger partial charge in [-0.2, -0.15) is 0 Å². The Morgan fingerprint density at radius 1 is 0.800 bits per heavy atom. The first-order valence-electron chi connectivity index (χ1n) is 10.8. The number of aliphatic carboxylic acids is 3. The summed E-state index contributed by atoms with van der Waals surface area (Å²) in [5.41, 5.74) is -2.97. The van der Waals surface area contributed by atoms with Crippen LogP contribution in [-0.2, 0) is 23.9 Å². The first-order chi connectivity index (χ1) is 15.0. The predicted molar refractivity (Wildman–Crippen MR) is 105 cm³/mol. The number of unbranched alkanes of at least 4 members (excludes halogenated alkanes) is 8. The Morgan fingerprint density at radius 3 is 1.54 bits per heavy atom. The van der Waals surface area contributed by atoms with Crippen LogP contribution in [-0.4, -0.2) is 64.1 Å². The summed E-state index contributed by atoms with van der Waals surface area (Å²) in [6, 6.07) is 0. The van der Waals surface area contributed by atoms with E-state index in [9.17, 15) is 34.5 Å². The van der Waals surface area contributed by atoms with Crippen molar-refractivity contribution in [2.75, 3.05) is 13.2 Å². The number of rotatable bonds is 18.